The molecule has 1 amide bonds. The predicted molar refractivity (Wildman–Crippen MR) is 98.8 cm³/mol. The second-order valence-electron chi connectivity index (χ2n) is 6.86. The van der Waals surface area contributed by atoms with E-state index in [1.165, 1.54) is 16.0 Å². The highest BCUT2D eigenvalue weighted by Gasteiger charge is 2.28. The third-order valence-electron chi connectivity index (χ3n) is 5.39. The smallest absolute Gasteiger partial charge is 0.253 e. The molecule has 5 rings (SSSR count). The van der Waals surface area contributed by atoms with Crippen molar-refractivity contribution in [3.05, 3.63) is 52.7 Å². The van der Waals surface area contributed by atoms with Gasteiger partial charge in [0.05, 0.1) is 17.9 Å². The SMILES string of the molecule is O=C(c1ccc2sccc2c1)N1CCC(n2ncc3c2CNC3)CC1. The van der Waals surface area contributed by atoms with Crippen LogP contribution in [0.4, 0.5) is 0 Å². The molecule has 2 aliphatic heterocycles. The van der Waals surface area contributed by atoms with Crippen molar-refractivity contribution in [1.82, 2.24) is 20.0 Å². The second-order valence-corrected chi connectivity index (χ2v) is 7.81. The third kappa shape index (κ3) is 2.56. The van der Waals surface area contributed by atoms with E-state index in [1.807, 2.05) is 23.2 Å². The molecule has 0 atom stereocenters. The van der Waals surface area contributed by atoms with E-state index in [0.717, 1.165) is 50.0 Å². The Morgan fingerprint density at radius 1 is 1.20 bits per heavy atom. The Morgan fingerprint density at radius 2 is 2.08 bits per heavy atom. The summed E-state index contributed by atoms with van der Waals surface area (Å²) in [6.45, 7) is 3.44. The summed E-state index contributed by atoms with van der Waals surface area (Å²) >= 11 is 1.71. The van der Waals surface area contributed by atoms with Gasteiger partial charge in [0.1, 0.15) is 0 Å². The molecule has 4 heterocycles. The minimum absolute atomic E-state index is 0.152. The van der Waals surface area contributed by atoms with Gasteiger partial charge in [-0.25, -0.2) is 0 Å². The number of benzene rings is 1. The number of aromatic nitrogens is 2. The van der Waals surface area contributed by atoms with Crippen LogP contribution in [0.2, 0.25) is 0 Å². The van der Waals surface area contributed by atoms with E-state index in [4.69, 9.17) is 0 Å². The molecular weight excluding hydrogens is 332 g/mol. The van der Waals surface area contributed by atoms with Crippen LogP contribution >= 0.6 is 11.3 Å². The van der Waals surface area contributed by atoms with Gasteiger partial charge in [0.2, 0.25) is 0 Å². The molecular formula is C19H20N4OS. The van der Waals surface area contributed by atoms with Gasteiger partial charge >= 0.3 is 0 Å². The zero-order valence-corrected chi connectivity index (χ0v) is 14.8. The number of amides is 1. The third-order valence-corrected chi connectivity index (χ3v) is 6.29. The number of carbonyl (C=O) groups excluding carboxylic acids is 1. The molecule has 1 aromatic carbocycles. The monoisotopic (exact) mass is 352 g/mol. The summed E-state index contributed by atoms with van der Waals surface area (Å²) < 4.78 is 3.42. The Labute approximate surface area is 150 Å². The highest BCUT2D eigenvalue weighted by Crippen LogP contribution is 2.28. The number of carbonyl (C=O) groups is 1. The molecule has 2 aromatic heterocycles. The molecule has 5 nitrogen and oxygen atoms in total. The molecule has 0 radical (unpaired) electrons. The van der Waals surface area contributed by atoms with Crippen LogP contribution in [0.25, 0.3) is 10.1 Å². The maximum absolute atomic E-state index is 12.8. The second kappa shape index (κ2) is 5.97. The van der Waals surface area contributed by atoms with E-state index in [-0.39, 0.29) is 5.91 Å². The summed E-state index contributed by atoms with van der Waals surface area (Å²) in [6.07, 6.45) is 3.93. The van der Waals surface area contributed by atoms with Crippen LogP contribution in [0, 0.1) is 0 Å². The first-order valence-corrected chi connectivity index (χ1v) is 9.70. The van der Waals surface area contributed by atoms with Crippen molar-refractivity contribution in [2.45, 2.75) is 32.0 Å². The molecule has 1 saturated heterocycles. The van der Waals surface area contributed by atoms with Crippen LogP contribution in [0.3, 0.4) is 0 Å². The number of thiophene rings is 1. The van der Waals surface area contributed by atoms with Crippen LogP contribution in [-0.4, -0.2) is 33.7 Å². The fraction of sp³-hybridized carbons (Fsp3) is 0.368. The lowest BCUT2D eigenvalue weighted by atomic mass is 10.0. The lowest BCUT2D eigenvalue weighted by Crippen LogP contribution is -2.39. The topological polar surface area (TPSA) is 50.2 Å². The van der Waals surface area contributed by atoms with Crippen molar-refractivity contribution in [2.24, 2.45) is 0 Å². The highest BCUT2D eigenvalue weighted by molar-refractivity contribution is 7.17. The zero-order valence-electron chi connectivity index (χ0n) is 13.9. The summed E-state index contributed by atoms with van der Waals surface area (Å²) in [5.41, 5.74) is 3.45. The summed E-state index contributed by atoms with van der Waals surface area (Å²) in [5, 5.41) is 11.2. The average molecular weight is 352 g/mol. The normalized spacial score (nSPS) is 18.0. The maximum Gasteiger partial charge on any atom is 0.253 e. The van der Waals surface area contributed by atoms with Gasteiger partial charge in [0, 0.05) is 42.0 Å². The fourth-order valence-electron chi connectivity index (χ4n) is 3.99. The number of rotatable bonds is 2. The fourth-order valence-corrected chi connectivity index (χ4v) is 4.76. The first-order valence-electron chi connectivity index (χ1n) is 8.82. The van der Waals surface area contributed by atoms with Crippen molar-refractivity contribution in [3.8, 4) is 0 Å². The largest absolute Gasteiger partial charge is 0.338 e. The highest BCUT2D eigenvalue weighted by atomic mass is 32.1. The number of likely N-dealkylation sites (tertiary alicyclic amines) is 1. The first kappa shape index (κ1) is 15.1. The first-order chi connectivity index (χ1) is 12.3. The maximum atomic E-state index is 12.8. The van der Waals surface area contributed by atoms with Crippen molar-refractivity contribution >= 4 is 27.3 Å². The summed E-state index contributed by atoms with van der Waals surface area (Å²) in [7, 11) is 0. The van der Waals surface area contributed by atoms with Crippen LogP contribution < -0.4 is 5.32 Å². The molecule has 1 N–H and O–H groups in total. The van der Waals surface area contributed by atoms with Gasteiger partial charge in [0.25, 0.3) is 5.91 Å². The summed E-state index contributed by atoms with van der Waals surface area (Å²) in [4.78, 5) is 14.8. The number of hydrogen-bond acceptors (Lipinski definition) is 4. The van der Waals surface area contributed by atoms with Gasteiger partial charge in [-0.1, -0.05) is 0 Å². The molecule has 2 aliphatic rings. The molecule has 6 heteroatoms. The van der Waals surface area contributed by atoms with E-state index >= 15 is 0 Å². The average Bonchev–Trinajstić information content (AvgIpc) is 3.37. The standard InChI is InChI=1S/C19H20N4OS/c24-19(14-1-2-18-13(9-14)5-8-25-18)22-6-3-16(4-7-22)23-17-12-20-10-15(17)11-21-23/h1-2,5,8-9,11,16,20H,3-4,6-7,10,12H2. The van der Waals surface area contributed by atoms with Crippen molar-refractivity contribution < 1.29 is 4.79 Å². The Morgan fingerprint density at radius 3 is 2.96 bits per heavy atom. The van der Waals surface area contributed by atoms with E-state index in [2.05, 4.69) is 32.6 Å². The molecule has 25 heavy (non-hydrogen) atoms. The Hall–Kier alpha value is -2.18. The lowest BCUT2D eigenvalue weighted by Gasteiger charge is -2.32. The molecule has 1 fully saturated rings. The van der Waals surface area contributed by atoms with Gasteiger partial charge in [-0.3, -0.25) is 9.48 Å². The van der Waals surface area contributed by atoms with Crippen molar-refractivity contribution in [3.63, 3.8) is 0 Å². The number of nitrogens with one attached hydrogen (secondary N) is 1. The number of piperidine rings is 1. The quantitative estimate of drug-likeness (QED) is 0.771. The Kier molecular flexibility index (Phi) is 3.60. The van der Waals surface area contributed by atoms with Crippen LogP contribution in [-0.2, 0) is 13.1 Å². The van der Waals surface area contributed by atoms with E-state index in [1.54, 1.807) is 11.3 Å². The lowest BCUT2D eigenvalue weighted by molar-refractivity contribution is 0.0689. The molecule has 0 spiro atoms. The van der Waals surface area contributed by atoms with Crippen LogP contribution in [0.1, 0.15) is 40.5 Å². The minimum Gasteiger partial charge on any atom is -0.338 e. The molecule has 128 valence electrons. The minimum atomic E-state index is 0.152. The van der Waals surface area contributed by atoms with Gasteiger partial charge in [-0.05, 0) is 47.9 Å². The van der Waals surface area contributed by atoms with Gasteiger partial charge in [-0.15, -0.1) is 11.3 Å². The molecule has 3 aromatic rings. The van der Waals surface area contributed by atoms with E-state index < -0.39 is 0 Å². The zero-order chi connectivity index (χ0) is 16.8. The van der Waals surface area contributed by atoms with Crippen molar-refractivity contribution in [1.29, 1.82) is 0 Å². The van der Waals surface area contributed by atoms with Crippen molar-refractivity contribution in [2.75, 3.05) is 13.1 Å². The van der Waals surface area contributed by atoms with Gasteiger partial charge in [-0.2, -0.15) is 5.10 Å². The molecule has 0 aliphatic carbocycles. The van der Waals surface area contributed by atoms with E-state index in [0.29, 0.717) is 6.04 Å². The van der Waals surface area contributed by atoms with Crippen LogP contribution in [0.5, 0.6) is 0 Å². The van der Waals surface area contributed by atoms with Crippen LogP contribution in [0.15, 0.2) is 35.8 Å². The predicted octanol–water partition coefficient (Wildman–Crippen LogP) is 3.18. The number of hydrogen-bond donors (Lipinski definition) is 1. The van der Waals surface area contributed by atoms with Gasteiger partial charge < -0.3 is 10.2 Å². The van der Waals surface area contributed by atoms with E-state index in [9.17, 15) is 4.79 Å². The molecule has 0 unspecified atom stereocenters. The molecule has 0 saturated carbocycles. The summed E-state index contributed by atoms with van der Waals surface area (Å²) in [6, 6.07) is 8.52. The Bertz CT molecular complexity index is 936. The Balaban J connectivity index is 1.30. The number of nitrogens with zero attached hydrogens (tertiary/aromatic N) is 3. The van der Waals surface area contributed by atoms with Gasteiger partial charge in [0.15, 0.2) is 0 Å². The summed E-state index contributed by atoms with van der Waals surface area (Å²) in [5.74, 6) is 0.152. The molecule has 0 bridgehead atoms. The number of fused-ring (bicyclic) bond motifs is 2.